The summed E-state index contributed by atoms with van der Waals surface area (Å²) in [6.45, 7) is 1.97. The fraction of sp³-hybridized carbons (Fsp3) is 0.350. The summed E-state index contributed by atoms with van der Waals surface area (Å²) in [5.74, 6) is 1.73. The van der Waals surface area contributed by atoms with Crippen molar-refractivity contribution >= 4 is 6.03 Å². The first kappa shape index (κ1) is 17.3. The molecule has 2 amide bonds. The molecule has 1 unspecified atom stereocenters. The Labute approximate surface area is 148 Å². The second kappa shape index (κ2) is 8.53. The maximum absolute atomic E-state index is 12.3. The van der Waals surface area contributed by atoms with Gasteiger partial charge in [-0.2, -0.15) is 0 Å². The van der Waals surface area contributed by atoms with Crippen molar-refractivity contribution in [1.29, 1.82) is 0 Å². The van der Waals surface area contributed by atoms with E-state index in [9.17, 15) is 9.90 Å². The van der Waals surface area contributed by atoms with Gasteiger partial charge in [-0.25, -0.2) is 4.79 Å². The van der Waals surface area contributed by atoms with Gasteiger partial charge in [0.1, 0.15) is 11.5 Å². The van der Waals surface area contributed by atoms with E-state index in [-0.39, 0.29) is 18.6 Å². The number of urea groups is 1. The van der Waals surface area contributed by atoms with Crippen molar-refractivity contribution in [3.8, 4) is 11.5 Å². The molecule has 25 heavy (non-hydrogen) atoms. The molecule has 5 heteroatoms. The number of aliphatic hydroxyl groups excluding tert-OH is 1. The zero-order chi connectivity index (χ0) is 17.5. The number of hydrogen-bond acceptors (Lipinski definition) is 3. The van der Waals surface area contributed by atoms with Crippen molar-refractivity contribution in [2.45, 2.75) is 19.4 Å². The molecule has 1 aliphatic rings. The molecule has 1 aliphatic heterocycles. The number of aliphatic hydroxyl groups is 1. The van der Waals surface area contributed by atoms with E-state index in [0.717, 1.165) is 36.4 Å². The molecule has 0 bridgehead atoms. The second-order valence-electron chi connectivity index (χ2n) is 6.36. The van der Waals surface area contributed by atoms with Crippen molar-refractivity contribution in [2.24, 2.45) is 5.92 Å². The molecule has 0 radical (unpaired) electrons. The Bertz CT molecular complexity index is 690. The van der Waals surface area contributed by atoms with Crippen LogP contribution in [-0.4, -0.2) is 35.7 Å². The summed E-state index contributed by atoms with van der Waals surface area (Å²) >= 11 is 0. The number of hydrogen-bond donors (Lipinski definition) is 2. The molecule has 1 saturated heterocycles. The van der Waals surface area contributed by atoms with Gasteiger partial charge in [0, 0.05) is 26.2 Å². The highest BCUT2D eigenvalue weighted by Gasteiger charge is 2.22. The summed E-state index contributed by atoms with van der Waals surface area (Å²) in [7, 11) is 0. The fourth-order valence-corrected chi connectivity index (χ4v) is 3.03. The number of nitrogens with zero attached hydrogens (tertiary/aromatic N) is 1. The van der Waals surface area contributed by atoms with Crippen LogP contribution in [0.4, 0.5) is 4.79 Å². The smallest absolute Gasteiger partial charge is 0.317 e. The molecule has 1 fully saturated rings. The standard InChI is InChI=1S/C20H24N2O3/c23-15-17-7-5-11-22(14-17)20(24)21-13-16-6-4-10-19(12-16)25-18-8-2-1-3-9-18/h1-4,6,8-10,12,17,23H,5,7,11,13-15H2,(H,21,24). The number of benzene rings is 2. The number of piperidine rings is 1. The molecule has 1 heterocycles. The first-order valence-electron chi connectivity index (χ1n) is 8.70. The largest absolute Gasteiger partial charge is 0.457 e. The van der Waals surface area contributed by atoms with Crippen molar-refractivity contribution in [3.05, 3.63) is 60.2 Å². The number of rotatable bonds is 5. The van der Waals surface area contributed by atoms with Crippen LogP contribution in [0.2, 0.25) is 0 Å². The Balaban J connectivity index is 1.54. The van der Waals surface area contributed by atoms with Gasteiger partial charge in [-0.15, -0.1) is 0 Å². The fourth-order valence-electron chi connectivity index (χ4n) is 3.03. The molecule has 5 nitrogen and oxygen atoms in total. The molecule has 2 aromatic carbocycles. The quantitative estimate of drug-likeness (QED) is 0.877. The van der Waals surface area contributed by atoms with Crippen molar-refractivity contribution in [2.75, 3.05) is 19.7 Å². The molecule has 3 rings (SSSR count). The van der Waals surface area contributed by atoms with Crippen molar-refractivity contribution in [3.63, 3.8) is 0 Å². The van der Waals surface area contributed by atoms with Crippen molar-refractivity contribution < 1.29 is 14.6 Å². The van der Waals surface area contributed by atoms with Gasteiger partial charge in [0.2, 0.25) is 0 Å². The number of carbonyl (C=O) groups is 1. The third-order valence-corrected chi connectivity index (χ3v) is 4.39. The van der Waals surface area contributed by atoms with E-state index < -0.39 is 0 Å². The van der Waals surface area contributed by atoms with E-state index in [4.69, 9.17) is 4.74 Å². The maximum atomic E-state index is 12.3. The van der Waals surface area contributed by atoms with Crippen LogP contribution in [-0.2, 0) is 6.54 Å². The van der Waals surface area contributed by atoms with Gasteiger partial charge in [0.15, 0.2) is 0 Å². The van der Waals surface area contributed by atoms with E-state index in [2.05, 4.69) is 5.32 Å². The molecule has 2 N–H and O–H groups in total. The Hall–Kier alpha value is -2.53. The van der Waals surface area contributed by atoms with Crippen LogP contribution in [0.5, 0.6) is 11.5 Å². The van der Waals surface area contributed by atoms with E-state index in [1.54, 1.807) is 4.90 Å². The molecule has 0 spiro atoms. The lowest BCUT2D eigenvalue weighted by Crippen LogP contribution is -2.45. The molecular weight excluding hydrogens is 316 g/mol. The molecule has 0 aromatic heterocycles. The van der Waals surface area contributed by atoms with Crippen LogP contribution in [0, 0.1) is 5.92 Å². The summed E-state index contributed by atoms with van der Waals surface area (Å²) in [6, 6.07) is 17.2. The van der Waals surface area contributed by atoms with Gasteiger partial charge in [-0.3, -0.25) is 0 Å². The Morgan fingerprint density at radius 2 is 1.96 bits per heavy atom. The third kappa shape index (κ3) is 4.97. The minimum atomic E-state index is -0.0764. The summed E-state index contributed by atoms with van der Waals surface area (Å²) < 4.78 is 5.82. The highest BCUT2D eigenvalue weighted by Crippen LogP contribution is 2.22. The van der Waals surface area contributed by atoms with E-state index in [1.807, 2.05) is 54.6 Å². The summed E-state index contributed by atoms with van der Waals surface area (Å²) in [5, 5.41) is 12.2. The Morgan fingerprint density at radius 3 is 2.76 bits per heavy atom. The Kier molecular flexibility index (Phi) is 5.90. The van der Waals surface area contributed by atoms with E-state index in [0.29, 0.717) is 13.1 Å². The normalized spacial score (nSPS) is 17.2. The van der Waals surface area contributed by atoms with Gasteiger partial charge < -0.3 is 20.1 Å². The van der Waals surface area contributed by atoms with Crippen LogP contribution < -0.4 is 10.1 Å². The minimum Gasteiger partial charge on any atom is -0.457 e. The monoisotopic (exact) mass is 340 g/mol. The zero-order valence-electron chi connectivity index (χ0n) is 14.2. The molecule has 132 valence electrons. The first-order valence-corrected chi connectivity index (χ1v) is 8.70. The molecule has 0 saturated carbocycles. The topological polar surface area (TPSA) is 61.8 Å². The predicted molar refractivity (Wildman–Crippen MR) is 96.6 cm³/mol. The van der Waals surface area contributed by atoms with E-state index >= 15 is 0 Å². The van der Waals surface area contributed by atoms with Crippen LogP contribution in [0.15, 0.2) is 54.6 Å². The highest BCUT2D eigenvalue weighted by atomic mass is 16.5. The molecular formula is C20H24N2O3. The number of nitrogens with one attached hydrogen (secondary N) is 1. The summed E-state index contributed by atoms with van der Waals surface area (Å²) in [4.78, 5) is 14.1. The average Bonchev–Trinajstić information content (AvgIpc) is 2.67. The second-order valence-corrected chi connectivity index (χ2v) is 6.36. The number of likely N-dealkylation sites (tertiary alicyclic amines) is 1. The number of amides is 2. The zero-order valence-corrected chi connectivity index (χ0v) is 14.2. The molecule has 0 aliphatic carbocycles. The van der Waals surface area contributed by atoms with Gasteiger partial charge in [0.25, 0.3) is 0 Å². The Morgan fingerprint density at radius 1 is 1.16 bits per heavy atom. The van der Waals surface area contributed by atoms with Gasteiger partial charge in [-0.05, 0) is 48.6 Å². The summed E-state index contributed by atoms with van der Waals surface area (Å²) in [5.41, 5.74) is 0.984. The summed E-state index contributed by atoms with van der Waals surface area (Å²) in [6.07, 6.45) is 1.93. The SMILES string of the molecule is O=C(NCc1cccc(Oc2ccccc2)c1)N1CCCC(CO)C1. The lowest BCUT2D eigenvalue weighted by atomic mass is 9.99. The van der Waals surface area contributed by atoms with Gasteiger partial charge in [-0.1, -0.05) is 30.3 Å². The highest BCUT2D eigenvalue weighted by molar-refractivity contribution is 5.74. The number of ether oxygens (including phenoxy) is 1. The van der Waals surface area contributed by atoms with Crippen LogP contribution >= 0.6 is 0 Å². The maximum Gasteiger partial charge on any atom is 0.317 e. The van der Waals surface area contributed by atoms with Crippen LogP contribution in [0.3, 0.4) is 0 Å². The van der Waals surface area contributed by atoms with Crippen molar-refractivity contribution in [1.82, 2.24) is 10.2 Å². The first-order chi connectivity index (χ1) is 12.2. The van der Waals surface area contributed by atoms with E-state index in [1.165, 1.54) is 0 Å². The predicted octanol–water partition coefficient (Wildman–Crippen LogP) is 3.39. The molecule has 2 aromatic rings. The lowest BCUT2D eigenvalue weighted by molar-refractivity contribution is 0.129. The minimum absolute atomic E-state index is 0.0764. The lowest BCUT2D eigenvalue weighted by Gasteiger charge is -2.31. The van der Waals surface area contributed by atoms with Crippen LogP contribution in [0.25, 0.3) is 0 Å². The van der Waals surface area contributed by atoms with Crippen LogP contribution in [0.1, 0.15) is 18.4 Å². The number of para-hydroxylation sites is 1. The third-order valence-electron chi connectivity index (χ3n) is 4.39. The number of carbonyl (C=O) groups excluding carboxylic acids is 1. The van der Waals surface area contributed by atoms with Gasteiger partial charge in [0.05, 0.1) is 0 Å². The molecule has 1 atom stereocenters. The average molecular weight is 340 g/mol. The van der Waals surface area contributed by atoms with Gasteiger partial charge >= 0.3 is 6.03 Å².